The predicted molar refractivity (Wildman–Crippen MR) is 66.6 cm³/mol. The Bertz CT molecular complexity index is 279. The first-order chi connectivity index (χ1) is 7.97. The van der Waals surface area contributed by atoms with E-state index < -0.39 is 6.03 Å². The Balaban J connectivity index is 2.26. The molecule has 0 bridgehead atoms. The number of rotatable bonds is 3. The average Bonchev–Trinajstić information content (AvgIpc) is 2.14. The number of hydrogen-bond donors (Lipinski definition) is 2. The summed E-state index contributed by atoms with van der Waals surface area (Å²) < 4.78 is 0. The van der Waals surface area contributed by atoms with Crippen molar-refractivity contribution in [2.75, 3.05) is 19.6 Å². The lowest BCUT2D eigenvalue weighted by atomic mass is 10.0. The van der Waals surface area contributed by atoms with Crippen LogP contribution < -0.4 is 10.6 Å². The van der Waals surface area contributed by atoms with Crippen LogP contribution in [0.15, 0.2) is 0 Å². The maximum absolute atomic E-state index is 11.6. The molecule has 1 aliphatic rings. The molecule has 1 aliphatic heterocycles. The second-order valence-corrected chi connectivity index (χ2v) is 5.16. The van der Waals surface area contributed by atoms with Gasteiger partial charge in [0.1, 0.15) is 0 Å². The van der Waals surface area contributed by atoms with Crippen LogP contribution in [0.1, 0.15) is 33.6 Å². The predicted octanol–water partition coefficient (Wildman–Crippen LogP) is 0.952. The van der Waals surface area contributed by atoms with Gasteiger partial charge in [-0.05, 0) is 39.2 Å². The van der Waals surface area contributed by atoms with Crippen LogP contribution >= 0.6 is 0 Å². The molecule has 0 unspecified atom stereocenters. The highest BCUT2D eigenvalue weighted by molar-refractivity contribution is 5.95. The third kappa shape index (κ3) is 5.68. The van der Waals surface area contributed by atoms with E-state index in [0.717, 1.165) is 19.5 Å². The number of nitrogens with zero attached hydrogens (tertiary/aromatic N) is 1. The molecule has 98 valence electrons. The summed E-state index contributed by atoms with van der Waals surface area (Å²) in [5.41, 5.74) is 0. The van der Waals surface area contributed by atoms with Gasteiger partial charge in [-0.25, -0.2) is 4.79 Å². The molecule has 0 saturated carbocycles. The standard InChI is InChI=1S/C12H23N3O2/c1-9(2)13-12(17)14-11(16)8-15-6-4-5-10(3)7-15/h9-10H,4-8H2,1-3H3,(H2,13,14,16,17)/t10-/m0/s1. The molecule has 0 radical (unpaired) electrons. The Hall–Kier alpha value is -1.10. The zero-order valence-corrected chi connectivity index (χ0v) is 11.0. The third-order valence-electron chi connectivity index (χ3n) is 2.78. The van der Waals surface area contributed by atoms with E-state index in [-0.39, 0.29) is 11.9 Å². The Morgan fingerprint density at radius 2 is 2.12 bits per heavy atom. The van der Waals surface area contributed by atoms with Gasteiger partial charge in [-0.1, -0.05) is 6.92 Å². The van der Waals surface area contributed by atoms with Crippen molar-refractivity contribution in [3.05, 3.63) is 0 Å². The van der Waals surface area contributed by atoms with E-state index in [0.29, 0.717) is 12.5 Å². The fraction of sp³-hybridized carbons (Fsp3) is 0.833. The Kier molecular flexibility index (Phi) is 5.41. The van der Waals surface area contributed by atoms with Gasteiger partial charge >= 0.3 is 6.03 Å². The molecular formula is C12H23N3O2. The van der Waals surface area contributed by atoms with Crippen molar-refractivity contribution in [3.63, 3.8) is 0 Å². The van der Waals surface area contributed by atoms with Crippen LogP contribution in [0, 0.1) is 5.92 Å². The largest absolute Gasteiger partial charge is 0.336 e. The first-order valence-electron chi connectivity index (χ1n) is 6.30. The van der Waals surface area contributed by atoms with Crippen molar-refractivity contribution < 1.29 is 9.59 Å². The van der Waals surface area contributed by atoms with Gasteiger partial charge in [0.25, 0.3) is 0 Å². The fourth-order valence-corrected chi connectivity index (χ4v) is 2.10. The molecule has 1 fully saturated rings. The topological polar surface area (TPSA) is 61.4 Å². The molecule has 1 atom stereocenters. The van der Waals surface area contributed by atoms with Crippen molar-refractivity contribution >= 4 is 11.9 Å². The minimum atomic E-state index is -0.407. The highest BCUT2D eigenvalue weighted by atomic mass is 16.2. The van der Waals surface area contributed by atoms with Crippen molar-refractivity contribution in [3.8, 4) is 0 Å². The molecule has 0 aromatic heterocycles. The molecule has 5 heteroatoms. The normalized spacial score (nSPS) is 21.3. The van der Waals surface area contributed by atoms with E-state index in [1.807, 2.05) is 13.8 Å². The van der Waals surface area contributed by atoms with Gasteiger partial charge in [0.2, 0.25) is 5.91 Å². The third-order valence-corrected chi connectivity index (χ3v) is 2.78. The molecule has 2 N–H and O–H groups in total. The van der Waals surface area contributed by atoms with Crippen molar-refractivity contribution in [2.45, 2.75) is 39.7 Å². The highest BCUT2D eigenvalue weighted by Gasteiger charge is 2.19. The van der Waals surface area contributed by atoms with Gasteiger partial charge in [0.05, 0.1) is 6.54 Å². The smallest absolute Gasteiger partial charge is 0.321 e. The summed E-state index contributed by atoms with van der Waals surface area (Å²) in [4.78, 5) is 25.0. The molecule has 1 rings (SSSR count). The number of amides is 3. The number of carbonyl (C=O) groups excluding carboxylic acids is 2. The van der Waals surface area contributed by atoms with E-state index in [1.165, 1.54) is 6.42 Å². The maximum Gasteiger partial charge on any atom is 0.321 e. The summed E-state index contributed by atoms with van der Waals surface area (Å²) in [5, 5.41) is 4.97. The zero-order valence-electron chi connectivity index (χ0n) is 11.0. The van der Waals surface area contributed by atoms with Crippen LogP contribution in [0.5, 0.6) is 0 Å². The van der Waals surface area contributed by atoms with Gasteiger partial charge in [0, 0.05) is 12.6 Å². The number of likely N-dealkylation sites (tertiary alicyclic amines) is 1. The Labute approximate surface area is 103 Å². The van der Waals surface area contributed by atoms with Crippen LogP contribution in [-0.4, -0.2) is 42.5 Å². The maximum atomic E-state index is 11.6. The quantitative estimate of drug-likeness (QED) is 0.773. The number of hydrogen-bond acceptors (Lipinski definition) is 3. The van der Waals surface area contributed by atoms with E-state index >= 15 is 0 Å². The summed E-state index contributed by atoms with van der Waals surface area (Å²) in [5.74, 6) is 0.415. The van der Waals surface area contributed by atoms with Crippen molar-refractivity contribution in [2.24, 2.45) is 5.92 Å². The van der Waals surface area contributed by atoms with E-state index in [2.05, 4.69) is 22.5 Å². The molecule has 5 nitrogen and oxygen atoms in total. The minimum Gasteiger partial charge on any atom is -0.336 e. The Morgan fingerprint density at radius 3 is 2.71 bits per heavy atom. The summed E-state index contributed by atoms with van der Waals surface area (Å²) in [6.45, 7) is 8.11. The van der Waals surface area contributed by atoms with Crippen LogP contribution in [0.2, 0.25) is 0 Å². The second-order valence-electron chi connectivity index (χ2n) is 5.16. The molecule has 0 aliphatic carbocycles. The van der Waals surface area contributed by atoms with E-state index in [4.69, 9.17) is 0 Å². The first kappa shape index (κ1) is 14.0. The van der Waals surface area contributed by atoms with Crippen LogP contribution in [0.3, 0.4) is 0 Å². The second kappa shape index (κ2) is 6.59. The molecule has 1 heterocycles. The molecule has 3 amide bonds. The van der Waals surface area contributed by atoms with Crippen LogP contribution in [0.25, 0.3) is 0 Å². The molecule has 0 aromatic carbocycles. The summed E-state index contributed by atoms with van der Waals surface area (Å²) in [6, 6.07) is -0.368. The van der Waals surface area contributed by atoms with Crippen LogP contribution in [-0.2, 0) is 4.79 Å². The van der Waals surface area contributed by atoms with Crippen molar-refractivity contribution in [1.82, 2.24) is 15.5 Å². The van der Waals surface area contributed by atoms with Crippen LogP contribution in [0.4, 0.5) is 4.79 Å². The average molecular weight is 241 g/mol. The van der Waals surface area contributed by atoms with Gasteiger partial charge in [0.15, 0.2) is 0 Å². The highest BCUT2D eigenvalue weighted by Crippen LogP contribution is 2.14. The van der Waals surface area contributed by atoms with E-state index in [1.54, 1.807) is 0 Å². The number of urea groups is 1. The van der Waals surface area contributed by atoms with E-state index in [9.17, 15) is 9.59 Å². The Morgan fingerprint density at radius 1 is 1.41 bits per heavy atom. The molecule has 0 spiro atoms. The fourth-order valence-electron chi connectivity index (χ4n) is 2.10. The van der Waals surface area contributed by atoms with Gasteiger partial charge in [-0.2, -0.15) is 0 Å². The lowest BCUT2D eigenvalue weighted by Crippen LogP contribution is -2.47. The van der Waals surface area contributed by atoms with Gasteiger partial charge < -0.3 is 5.32 Å². The number of imide groups is 1. The number of piperidine rings is 1. The summed E-state index contributed by atoms with van der Waals surface area (Å²) in [6.07, 6.45) is 2.36. The molecule has 0 aromatic rings. The SMILES string of the molecule is CC(C)NC(=O)NC(=O)CN1CCC[C@H](C)C1. The zero-order chi connectivity index (χ0) is 12.8. The number of carbonyl (C=O) groups is 2. The summed E-state index contributed by atoms with van der Waals surface area (Å²) in [7, 11) is 0. The lowest BCUT2D eigenvalue weighted by Gasteiger charge is -2.30. The monoisotopic (exact) mass is 241 g/mol. The molecule has 1 saturated heterocycles. The molecule has 17 heavy (non-hydrogen) atoms. The number of nitrogens with one attached hydrogen (secondary N) is 2. The van der Waals surface area contributed by atoms with Gasteiger partial charge in [-0.3, -0.25) is 15.0 Å². The van der Waals surface area contributed by atoms with Gasteiger partial charge in [-0.15, -0.1) is 0 Å². The lowest BCUT2D eigenvalue weighted by molar-refractivity contribution is -0.121. The first-order valence-corrected chi connectivity index (χ1v) is 6.30. The minimum absolute atomic E-state index is 0.0396. The van der Waals surface area contributed by atoms with Crippen molar-refractivity contribution in [1.29, 1.82) is 0 Å². The summed E-state index contributed by atoms with van der Waals surface area (Å²) >= 11 is 0. The molecular weight excluding hydrogens is 218 g/mol.